The summed E-state index contributed by atoms with van der Waals surface area (Å²) in [5, 5.41) is 2.75. The first-order valence-electron chi connectivity index (χ1n) is 10.0. The summed E-state index contributed by atoms with van der Waals surface area (Å²) in [6.07, 6.45) is 5.55. The Morgan fingerprint density at radius 3 is 2.53 bits per heavy atom. The van der Waals surface area contributed by atoms with Gasteiger partial charge in [-0.2, -0.15) is 0 Å². The van der Waals surface area contributed by atoms with Gasteiger partial charge in [-0.3, -0.25) is 14.5 Å². The maximum atomic E-state index is 12.6. The highest BCUT2D eigenvalue weighted by atomic mass is 32.2. The predicted octanol–water partition coefficient (Wildman–Crippen LogP) is 4.65. The summed E-state index contributed by atoms with van der Waals surface area (Å²) >= 11 is 6.53. The molecule has 0 spiro atoms. The zero-order valence-corrected chi connectivity index (χ0v) is 19.1. The standard InChI is InChI=1S/C24H22N2O4S2/c1-2-30-23(29)18-11-13-19(14-12-18)25-21(27)15-16-26-22(28)20(32-24(26)31)10-6-9-17-7-4-3-5-8-17/h3-14H,2,15-16H2,1H3,(H,25,27)/b9-6+,20-10-. The molecule has 164 valence electrons. The highest BCUT2D eigenvalue weighted by Gasteiger charge is 2.31. The Kier molecular flexibility index (Phi) is 8.35. The fourth-order valence-corrected chi connectivity index (χ4v) is 4.12. The van der Waals surface area contributed by atoms with E-state index in [0.29, 0.717) is 27.1 Å². The van der Waals surface area contributed by atoms with E-state index < -0.39 is 5.97 Å². The Bertz CT molecular complexity index is 1060. The van der Waals surface area contributed by atoms with Crippen LogP contribution in [0, 0.1) is 0 Å². The van der Waals surface area contributed by atoms with Gasteiger partial charge in [-0.05, 0) is 42.8 Å². The molecule has 2 aromatic rings. The number of hydrogen-bond donors (Lipinski definition) is 1. The SMILES string of the molecule is CCOC(=O)c1ccc(NC(=O)CCN2C(=O)/C(=C/C=C/c3ccccc3)SC2=S)cc1. The van der Waals surface area contributed by atoms with E-state index in [1.54, 1.807) is 37.3 Å². The van der Waals surface area contributed by atoms with Crippen molar-refractivity contribution in [3.8, 4) is 0 Å². The molecule has 0 unspecified atom stereocenters. The van der Waals surface area contributed by atoms with Crippen LogP contribution in [0.15, 0.2) is 71.7 Å². The predicted molar refractivity (Wildman–Crippen MR) is 131 cm³/mol. The minimum atomic E-state index is -0.411. The van der Waals surface area contributed by atoms with Crippen molar-refractivity contribution in [1.82, 2.24) is 4.90 Å². The maximum absolute atomic E-state index is 12.6. The van der Waals surface area contributed by atoms with Crippen molar-refractivity contribution in [3.63, 3.8) is 0 Å². The molecule has 1 aliphatic heterocycles. The largest absolute Gasteiger partial charge is 0.462 e. The third kappa shape index (κ3) is 6.38. The van der Waals surface area contributed by atoms with Crippen molar-refractivity contribution in [2.75, 3.05) is 18.5 Å². The minimum absolute atomic E-state index is 0.0964. The molecule has 0 aliphatic carbocycles. The molecule has 0 bridgehead atoms. The zero-order valence-electron chi connectivity index (χ0n) is 17.4. The van der Waals surface area contributed by atoms with Crippen LogP contribution >= 0.6 is 24.0 Å². The molecule has 1 aliphatic rings. The van der Waals surface area contributed by atoms with Crippen molar-refractivity contribution in [2.24, 2.45) is 0 Å². The maximum Gasteiger partial charge on any atom is 0.338 e. The van der Waals surface area contributed by atoms with Crippen LogP contribution in [0.2, 0.25) is 0 Å². The lowest BCUT2D eigenvalue weighted by Crippen LogP contribution is -2.31. The summed E-state index contributed by atoms with van der Waals surface area (Å²) in [6.45, 7) is 2.23. The number of nitrogens with zero attached hydrogens (tertiary/aromatic N) is 1. The van der Waals surface area contributed by atoms with Gasteiger partial charge < -0.3 is 10.1 Å². The number of ether oxygens (including phenoxy) is 1. The minimum Gasteiger partial charge on any atom is -0.462 e. The van der Waals surface area contributed by atoms with Crippen molar-refractivity contribution < 1.29 is 19.1 Å². The molecule has 3 rings (SSSR count). The number of carbonyl (C=O) groups is 3. The molecule has 1 fully saturated rings. The monoisotopic (exact) mass is 466 g/mol. The van der Waals surface area contributed by atoms with Gasteiger partial charge in [-0.25, -0.2) is 4.79 Å². The average molecular weight is 467 g/mol. The van der Waals surface area contributed by atoms with Gasteiger partial charge in [0.15, 0.2) is 0 Å². The average Bonchev–Trinajstić information content (AvgIpc) is 3.06. The molecule has 1 N–H and O–H groups in total. The lowest BCUT2D eigenvalue weighted by molar-refractivity contribution is -0.122. The quantitative estimate of drug-likeness (QED) is 0.347. The van der Waals surface area contributed by atoms with E-state index in [0.717, 1.165) is 5.56 Å². The molecule has 0 atom stereocenters. The molecule has 32 heavy (non-hydrogen) atoms. The van der Waals surface area contributed by atoms with Crippen molar-refractivity contribution in [2.45, 2.75) is 13.3 Å². The van der Waals surface area contributed by atoms with Gasteiger partial charge in [0.25, 0.3) is 5.91 Å². The van der Waals surface area contributed by atoms with E-state index in [2.05, 4.69) is 5.32 Å². The highest BCUT2D eigenvalue weighted by Crippen LogP contribution is 2.31. The number of nitrogens with one attached hydrogen (secondary N) is 1. The first-order chi connectivity index (χ1) is 15.5. The first kappa shape index (κ1) is 23.4. The molecule has 0 saturated carbocycles. The molecule has 1 saturated heterocycles. The molecule has 6 nitrogen and oxygen atoms in total. The topological polar surface area (TPSA) is 75.7 Å². The summed E-state index contributed by atoms with van der Waals surface area (Å²) in [6, 6.07) is 16.2. The Morgan fingerprint density at radius 1 is 1.12 bits per heavy atom. The lowest BCUT2D eigenvalue weighted by atomic mass is 10.2. The molecule has 2 amide bonds. The van der Waals surface area contributed by atoms with Gasteiger partial charge in [-0.15, -0.1) is 0 Å². The Labute approximate surface area is 196 Å². The van der Waals surface area contributed by atoms with Gasteiger partial charge in [-0.1, -0.05) is 66.5 Å². The molecule has 1 heterocycles. The third-order valence-corrected chi connectivity index (χ3v) is 5.85. The lowest BCUT2D eigenvalue weighted by Gasteiger charge is -2.14. The van der Waals surface area contributed by atoms with E-state index in [1.807, 2.05) is 42.5 Å². The van der Waals surface area contributed by atoms with E-state index in [1.165, 1.54) is 16.7 Å². The number of carbonyl (C=O) groups excluding carboxylic acids is 3. The van der Waals surface area contributed by atoms with Crippen molar-refractivity contribution in [3.05, 3.63) is 82.8 Å². The van der Waals surface area contributed by atoms with Crippen LogP contribution in [-0.4, -0.2) is 40.2 Å². The van der Waals surface area contributed by atoms with Crippen LogP contribution in [-0.2, 0) is 14.3 Å². The summed E-state index contributed by atoms with van der Waals surface area (Å²) in [7, 11) is 0. The number of hydrogen-bond acceptors (Lipinski definition) is 6. The number of rotatable bonds is 8. The Morgan fingerprint density at radius 2 is 1.84 bits per heavy atom. The zero-order chi connectivity index (χ0) is 22.9. The third-order valence-electron chi connectivity index (χ3n) is 4.45. The molecule has 0 radical (unpaired) electrons. The highest BCUT2D eigenvalue weighted by molar-refractivity contribution is 8.26. The number of anilines is 1. The first-order valence-corrected chi connectivity index (χ1v) is 11.2. The fourth-order valence-electron chi connectivity index (χ4n) is 2.86. The summed E-state index contributed by atoms with van der Waals surface area (Å²) < 4.78 is 5.36. The number of amides is 2. The number of allylic oxidation sites excluding steroid dienone is 2. The van der Waals surface area contributed by atoms with Crippen LogP contribution in [0.1, 0.15) is 29.3 Å². The number of esters is 1. The van der Waals surface area contributed by atoms with Crippen LogP contribution in [0.5, 0.6) is 0 Å². The second-order valence-electron chi connectivity index (χ2n) is 6.72. The van der Waals surface area contributed by atoms with Gasteiger partial charge in [0.1, 0.15) is 4.32 Å². The summed E-state index contributed by atoms with van der Waals surface area (Å²) in [4.78, 5) is 38.6. The summed E-state index contributed by atoms with van der Waals surface area (Å²) in [5.74, 6) is -0.869. The molecular formula is C24H22N2O4S2. The van der Waals surface area contributed by atoms with E-state index >= 15 is 0 Å². The van der Waals surface area contributed by atoms with Gasteiger partial charge >= 0.3 is 5.97 Å². The van der Waals surface area contributed by atoms with E-state index in [4.69, 9.17) is 17.0 Å². The number of thiocarbonyl (C=S) groups is 1. The second kappa shape index (κ2) is 11.4. The van der Waals surface area contributed by atoms with Crippen LogP contribution in [0.3, 0.4) is 0 Å². The van der Waals surface area contributed by atoms with Gasteiger partial charge in [0, 0.05) is 18.7 Å². The van der Waals surface area contributed by atoms with Crippen LogP contribution < -0.4 is 5.32 Å². The van der Waals surface area contributed by atoms with Crippen molar-refractivity contribution >= 4 is 57.8 Å². The second-order valence-corrected chi connectivity index (χ2v) is 8.40. The normalized spacial score (nSPS) is 14.9. The fraction of sp³-hybridized carbons (Fsp3) is 0.167. The van der Waals surface area contributed by atoms with Gasteiger partial charge in [0.05, 0.1) is 17.1 Å². The van der Waals surface area contributed by atoms with Gasteiger partial charge in [0.2, 0.25) is 5.91 Å². The molecule has 8 heteroatoms. The number of thioether (sulfide) groups is 1. The molecule has 0 aromatic heterocycles. The smallest absolute Gasteiger partial charge is 0.338 e. The Hall–Kier alpha value is -3.23. The Balaban J connectivity index is 1.51. The molecule has 2 aromatic carbocycles. The molecular weight excluding hydrogens is 444 g/mol. The number of benzene rings is 2. The van der Waals surface area contributed by atoms with Crippen LogP contribution in [0.25, 0.3) is 6.08 Å². The van der Waals surface area contributed by atoms with E-state index in [9.17, 15) is 14.4 Å². The van der Waals surface area contributed by atoms with Crippen LogP contribution in [0.4, 0.5) is 5.69 Å². The summed E-state index contributed by atoms with van der Waals surface area (Å²) in [5.41, 5.74) is 2.00. The van der Waals surface area contributed by atoms with Crippen molar-refractivity contribution in [1.29, 1.82) is 0 Å². The van der Waals surface area contributed by atoms with E-state index in [-0.39, 0.29) is 24.8 Å².